The molecule has 1 aromatic carbocycles. The Morgan fingerprint density at radius 1 is 1.44 bits per heavy atom. The van der Waals surface area contributed by atoms with Crippen LogP contribution in [0.3, 0.4) is 0 Å². The highest BCUT2D eigenvalue weighted by Crippen LogP contribution is 2.22. The van der Waals surface area contributed by atoms with Crippen LogP contribution in [-0.2, 0) is 15.5 Å². The molecule has 1 saturated heterocycles. The molecule has 0 radical (unpaired) electrons. The van der Waals surface area contributed by atoms with Crippen LogP contribution in [0.25, 0.3) is 0 Å². The maximum atomic E-state index is 13.6. The van der Waals surface area contributed by atoms with Crippen LogP contribution in [-0.4, -0.2) is 35.8 Å². The molecule has 6 heteroatoms. The maximum Gasteiger partial charge on any atom is 0.139 e. The lowest BCUT2D eigenvalue weighted by Crippen LogP contribution is -2.47. The minimum atomic E-state index is -1.62. The molecule has 0 saturated carbocycles. The van der Waals surface area contributed by atoms with Crippen LogP contribution in [0.15, 0.2) is 23.1 Å². The van der Waals surface area contributed by atoms with Gasteiger partial charge >= 0.3 is 0 Å². The number of benzene rings is 1. The van der Waals surface area contributed by atoms with Crippen molar-refractivity contribution in [1.29, 1.82) is 0 Å². The molecule has 0 aliphatic carbocycles. The van der Waals surface area contributed by atoms with E-state index in [1.54, 1.807) is 7.05 Å². The first-order chi connectivity index (χ1) is 8.63. The van der Waals surface area contributed by atoms with Gasteiger partial charge in [-0.1, -0.05) is 0 Å². The molecule has 1 aliphatic rings. The number of rotatable bonds is 3. The van der Waals surface area contributed by atoms with Gasteiger partial charge in [0.1, 0.15) is 11.6 Å². The van der Waals surface area contributed by atoms with Gasteiger partial charge in [0.05, 0.1) is 27.6 Å². The molecule has 0 bridgehead atoms. The van der Waals surface area contributed by atoms with Gasteiger partial charge in [0, 0.05) is 12.6 Å². The van der Waals surface area contributed by atoms with Crippen molar-refractivity contribution in [2.45, 2.75) is 22.6 Å². The summed E-state index contributed by atoms with van der Waals surface area (Å²) in [5.74, 6) is -1.23. The van der Waals surface area contributed by atoms with Crippen molar-refractivity contribution in [1.82, 2.24) is 5.32 Å². The second-order valence-electron chi connectivity index (χ2n) is 4.17. The number of nitrogens with one attached hydrogen (secondary N) is 1. The van der Waals surface area contributed by atoms with Crippen LogP contribution < -0.4 is 5.32 Å². The summed E-state index contributed by atoms with van der Waals surface area (Å²) in [7, 11) is 0.142. The van der Waals surface area contributed by atoms with Crippen LogP contribution in [0.4, 0.5) is 8.78 Å². The van der Waals surface area contributed by atoms with Gasteiger partial charge in [-0.15, -0.1) is 0 Å². The Morgan fingerprint density at radius 2 is 2.22 bits per heavy atom. The SMILES string of the molecule is CNC1CCOCC1S(=O)c1cc(F)ccc1F. The average Bonchev–Trinajstić information content (AvgIpc) is 2.40. The summed E-state index contributed by atoms with van der Waals surface area (Å²) in [6.45, 7) is 0.874. The van der Waals surface area contributed by atoms with Crippen molar-refractivity contribution in [2.24, 2.45) is 0 Å². The monoisotopic (exact) mass is 275 g/mol. The van der Waals surface area contributed by atoms with Crippen LogP contribution in [0.1, 0.15) is 6.42 Å². The van der Waals surface area contributed by atoms with Gasteiger partial charge < -0.3 is 10.1 Å². The number of ether oxygens (including phenoxy) is 1. The van der Waals surface area contributed by atoms with Crippen molar-refractivity contribution in [3.05, 3.63) is 29.8 Å². The van der Waals surface area contributed by atoms with Crippen molar-refractivity contribution >= 4 is 10.8 Å². The van der Waals surface area contributed by atoms with Crippen molar-refractivity contribution in [3.8, 4) is 0 Å². The first-order valence-corrected chi connectivity index (χ1v) is 6.95. The van der Waals surface area contributed by atoms with Crippen molar-refractivity contribution in [3.63, 3.8) is 0 Å². The van der Waals surface area contributed by atoms with Gasteiger partial charge in [0.2, 0.25) is 0 Å². The fraction of sp³-hybridized carbons (Fsp3) is 0.500. The molecule has 3 atom stereocenters. The third-order valence-electron chi connectivity index (χ3n) is 3.06. The summed E-state index contributed by atoms with van der Waals surface area (Å²) in [5, 5.41) is 2.69. The quantitative estimate of drug-likeness (QED) is 0.907. The van der Waals surface area contributed by atoms with Gasteiger partial charge in [0.15, 0.2) is 0 Å². The lowest BCUT2D eigenvalue weighted by molar-refractivity contribution is 0.0838. The van der Waals surface area contributed by atoms with E-state index >= 15 is 0 Å². The third-order valence-corrected chi connectivity index (χ3v) is 4.82. The number of hydrogen-bond acceptors (Lipinski definition) is 3. The Kier molecular flexibility index (Phi) is 4.42. The molecule has 1 aliphatic heterocycles. The Hall–Kier alpha value is -0.850. The lowest BCUT2D eigenvalue weighted by Gasteiger charge is -2.30. The summed E-state index contributed by atoms with van der Waals surface area (Å²) in [4.78, 5) is -0.0919. The molecule has 3 nitrogen and oxygen atoms in total. The van der Waals surface area contributed by atoms with Crippen LogP contribution in [0.2, 0.25) is 0 Å². The predicted molar refractivity (Wildman–Crippen MR) is 64.8 cm³/mol. The molecule has 0 amide bonds. The standard InChI is InChI=1S/C12H15F2NO2S/c1-15-10-4-5-17-7-12(10)18(16)11-6-8(13)2-3-9(11)14/h2-3,6,10,12,15H,4-5,7H2,1H3. The highest BCUT2D eigenvalue weighted by atomic mass is 32.2. The normalized spacial score (nSPS) is 25.9. The van der Waals surface area contributed by atoms with E-state index in [0.29, 0.717) is 13.0 Å². The fourth-order valence-electron chi connectivity index (χ4n) is 2.05. The zero-order valence-electron chi connectivity index (χ0n) is 9.99. The van der Waals surface area contributed by atoms with Crippen molar-refractivity contribution in [2.75, 3.05) is 20.3 Å². The largest absolute Gasteiger partial charge is 0.380 e. The Balaban J connectivity index is 2.26. The van der Waals surface area contributed by atoms with E-state index in [1.807, 2.05) is 0 Å². The second-order valence-corrected chi connectivity index (χ2v) is 5.81. The molecule has 1 aromatic rings. The average molecular weight is 275 g/mol. The van der Waals surface area contributed by atoms with E-state index in [4.69, 9.17) is 4.74 Å². The number of halogens is 2. The third kappa shape index (κ3) is 2.76. The van der Waals surface area contributed by atoms with Gasteiger partial charge in [0.25, 0.3) is 0 Å². The van der Waals surface area contributed by atoms with Crippen LogP contribution in [0, 0.1) is 11.6 Å². The number of hydrogen-bond donors (Lipinski definition) is 1. The maximum absolute atomic E-state index is 13.6. The van der Waals surface area contributed by atoms with E-state index in [2.05, 4.69) is 5.32 Å². The molecule has 2 rings (SSSR count). The zero-order valence-corrected chi connectivity index (χ0v) is 10.8. The highest BCUT2D eigenvalue weighted by Gasteiger charge is 2.31. The van der Waals surface area contributed by atoms with Gasteiger partial charge in [-0.25, -0.2) is 8.78 Å². The Morgan fingerprint density at radius 3 is 2.94 bits per heavy atom. The van der Waals surface area contributed by atoms with E-state index in [0.717, 1.165) is 18.2 Å². The van der Waals surface area contributed by atoms with Gasteiger partial charge in [-0.3, -0.25) is 4.21 Å². The first-order valence-electron chi connectivity index (χ1n) is 5.74. The summed E-state index contributed by atoms with van der Waals surface area (Å²) < 4.78 is 44.3. The van der Waals surface area contributed by atoms with E-state index in [9.17, 15) is 13.0 Å². The summed E-state index contributed by atoms with van der Waals surface area (Å²) in [6, 6.07) is 3.00. The summed E-state index contributed by atoms with van der Waals surface area (Å²) in [5.41, 5.74) is 0. The molecule has 1 fully saturated rings. The highest BCUT2D eigenvalue weighted by molar-refractivity contribution is 7.85. The van der Waals surface area contributed by atoms with E-state index < -0.39 is 22.4 Å². The Bertz CT molecular complexity index is 456. The molecule has 1 N–H and O–H groups in total. The first kappa shape index (κ1) is 13.6. The zero-order chi connectivity index (χ0) is 13.1. The molecular formula is C12H15F2NO2S. The molecule has 0 spiro atoms. The van der Waals surface area contributed by atoms with Crippen LogP contribution in [0.5, 0.6) is 0 Å². The molecular weight excluding hydrogens is 260 g/mol. The van der Waals surface area contributed by atoms with Gasteiger partial charge in [-0.05, 0) is 31.7 Å². The molecule has 3 unspecified atom stereocenters. The molecule has 18 heavy (non-hydrogen) atoms. The molecule has 1 heterocycles. The summed E-state index contributed by atoms with van der Waals surface area (Å²) >= 11 is 0. The summed E-state index contributed by atoms with van der Waals surface area (Å²) in [6.07, 6.45) is 0.712. The van der Waals surface area contributed by atoms with Crippen LogP contribution >= 0.6 is 0 Å². The lowest BCUT2D eigenvalue weighted by atomic mass is 10.1. The minimum Gasteiger partial charge on any atom is -0.380 e. The fourth-order valence-corrected chi connectivity index (χ4v) is 3.65. The van der Waals surface area contributed by atoms with Crippen molar-refractivity contribution < 1.29 is 17.7 Å². The topological polar surface area (TPSA) is 38.3 Å². The van der Waals surface area contributed by atoms with Gasteiger partial charge in [-0.2, -0.15) is 0 Å². The molecule has 0 aromatic heterocycles. The smallest absolute Gasteiger partial charge is 0.139 e. The Labute approximate surface area is 107 Å². The predicted octanol–water partition coefficient (Wildman–Crippen LogP) is 1.45. The van der Waals surface area contributed by atoms with E-state index in [1.165, 1.54) is 0 Å². The van der Waals surface area contributed by atoms with E-state index in [-0.39, 0.29) is 22.8 Å². The second kappa shape index (κ2) is 5.86. The molecule has 100 valence electrons. The minimum absolute atomic E-state index is 0.0118.